The molecular weight excluding hydrogens is 394 g/mol. The zero-order valence-electron chi connectivity index (χ0n) is 15.3. The Labute approximate surface area is 170 Å². The number of halogens is 2. The molecular formula is C21H16F2N4OS. The van der Waals surface area contributed by atoms with E-state index in [1.165, 1.54) is 30.3 Å². The molecule has 29 heavy (non-hydrogen) atoms. The Morgan fingerprint density at radius 3 is 2.52 bits per heavy atom. The van der Waals surface area contributed by atoms with E-state index in [0.717, 1.165) is 5.69 Å². The molecule has 3 rings (SSSR count). The highest BCUT2D eigenvalue weighted by Crippen LogP contribution is 2.26. The average Bonchev–Trinajstić information content (AvgIpc) is 3.08. The number of nitrogens with one attached hydrogen (secondary N) is 1. The second-order valence-electron chi connectivity index (χ2n) is 5.98. The van der Waals surface area contributed by atoms with Crippen molar-refractivity contribution >= 4 is 29.4 Å². The molecule has 1 N–H and O–H groups in total. The fourth-order valence-corrected chi connectivity index (χ4v) is 3.05. The third-order valence-corrected chi connectivity index (χ3v) is 4.68. The van der Waals surface area contributed by atoms with Gasteiger partial charge in [-0.15, -0.1) is 0 Å². The van der Waals surface area contributed by atoms with Crippen LogP contribution in [0.3, 0.4) is 0 Å². The highest BCUT2D eigenvalue weighted by atomic mass is 32.2. The lowest BCUT2D eigenvalue weighted by atomic mass is 10.1. The van der Waals surface area contributed by atoms with Gasteiger partial charge in [-0.1, -0.05) is 30.0 Å². The molecule has 3 aromatic rings. The van der Waals surface area contributed by atoms with E-state index < -0.39 is 11.7 Å². The molecule has 8 heteroatoms. The van der Waals surface area contributed by atoms with Gasteiger partial charge in [-0.2, -0.15) is 19.1 Å². The Kier molecular flexibility index (Phi) is 6.42. The Morgan fingerprint density at radius 2 is 1.90 bits per heavy atom. The van der Waals surface area contributed by atoms with E-state index in [-0.39, 0.29) is 5.57 Å². The van der Waals surface area contributed by atoms with E-state index in [1.54, 1.807) is 17.8 Å². The number of amides is 1. The van der Waals surface area contributed by atoms with Crippen LogP contribution < -0.4 is 5.32 Å². The highest BCUT2D eigenvalue weighted by Gasteiger charge is 2.13. The van der Waals surface area contributed by atoms with E-state index >= 15 is 0 Å². The summed E-state index contributed by atoms with van der Waals surface area (Å²) in [6.07, 6.45) is 3.21. The summed E-state index contributed by atoms with van der Waals surface area (Å²) in [7, 11) is 0. The number of benzene rings is 2. The number of hydrogen-bond acceptors (Lipinski definition) is 4. The van der Waals surface area contributed by atoms with Gasteiger partial charge in [0.15, 0.2) is 0 Å². The smallest absolute Gasteiger partial charge is 0.288 e. The van der Waals surface area contributed by atoms with Crippen LogP contribution >= 0.6 is 11.8 Å². The molecule has 0 fully saturated rings. The van der Waals surface area contributed by atoms with Crippen LogP contribution in [0.25, 0.3) is 11.8 Å². The third kappa shape index (κ3) is 5.30. The van der Waals surface area contributed by atoms with E-state index in [9.17, 15) is 18.8 Å². The molecule has 1 amide bonds. The molecule has 0 spiro atoms. The lowest BCUT2D eigenvalue weighted by Gasteiger charge is -2.05. The topological polar surface area (TPSA) is 70.7 Å². The van der Waals surface area contributed by atoms with Gasteiger partial charge >= 0.3 is 0 Å². The van der Waals surface area contributed by atoms with Crippen LogP contribution in [-0.4, -0.2) is 21.4 Å². The fraction of sp³-hybridized carbons (Fsp3) is 0.0952. The molecule has 0 aliphatic rings. The number of nitriles is 1. The second-order valence-corrected chi connectivity index (χ2v) is 7.04. The summed E-state index contributed by atoms with van der Waals surface area (Å²) in [5.41, 5.74) is 2.49. The van der Waals surface area contributed by atoms with Crippen LogP contribution in [0, 0.1) is 18.3 Å². The van der Waals surface area contributed by atoms with Gasteiger partial charge in [0.2, 0.25) is 0 Å². The van der Waals surface area contributed by atoms with Crippen molar-refractivity contribution in [2.24, 2.45) is 0 Å². The normalized spacial score (nSPS) is 11.3. The number of para-hydroxylation sites is 1. The highest BCUT2D eigenvalue weighted by molar-refractivity contribution is 7.99. The van der Waals surface area contributed by atoms with Gasteiger partial charge in [-0.25, -0.2) is 4.68 Å². The quantitative estimate of drug-likeness (QED) is 0.351. The zero-order chi connectivity index (χ0) is 20.8. The summed E-state index contributed by atoms with van der Waals surface area (Å²) < 4.78 is 26.4. The number of aromatic nitrogens is 2. The van der Waals surface area contributed by atoms with Gasteiger partial charge in [0.05, 0.1) is 11.4 Å². The van der Waals surface area contributed by atoms with Crippen molar-refractivity contribution in [2.75, 3.05) is 5.32 Å². The minimum atomic E-state index is -2.51. The van der Waals surface area contributed by atoms with Crippen molar-refractivity contribution in [3.63, 3.8) is 0 Å². The average molecular weight is 410 g/mol. The van der Waals surface area contributed by atoms with Gasteiger partial charge in [-0.3, -0.25) is 4.79 Å². The van der Waals surface area contributed by atoms with Crippen molar-refractivity contribution in [2.45, 2.75) is 17.6 Å². The van der Waals surface area contributed by atoms with E-state index in [0.29, 0.717) is 33.6 Å². The first-order valence-corrected chi connectivity index (χ1v) is 9.44. The van der Waals surface area contributed by atoms with Gasteiger partial charge in [0, 0.05) is 22.3 Å². The number of carbonyl (C=O) groups is 1. The summed E-state index contributed by atoms with van der Waals surface area (Å²) in [6, 6.07) is 17.4. The molecule has 0 saturated carbocycles. The standard InChI is InChI=1S/C21H16F2N4OS/c1-14-16(13-27(26-14)18-5-3-2-4-6-18)11-15(12-24)20(28)25-17-7-9-19(10-8-17)29-21(22)23/h2-11,13,21H,1H3,(H,25,28)/b15-11+. The monoisotopic (exact) mass is 410 g/mol. The van der Waals surface area contributed by atoms with Crippen LogP contribution in [0.4, 0.5) is 14.5 Å². The summed E-state index contributed by atoms with van der Waals surface area (Å²) in [4.78, 5) is 12.8. The first kappa shape index (κ1) is 20.3. The van der Waals surface area contributed by atoms with Crippen molar-refractivity contribution < 1.29 is 13.6 Å². The molecule has 0 aliphatic heterocycles. The molecule has 2 aromatic carbocycles. The van der Waals surface area contributed by atoms with Gasteiger partial charge in [0.1, 0.15) is 11.6 Å². The summed E-state index contributed by atoms with van der Waals surface area (Å²) in [5, 5.41) is 16.4. The molecule has 0 bridgehead atoms. The first-order chi connectivity index (χ1) is 14.0. The van der Waals surface area contributed by atoms with E-state index in [1.807, 2.05) is 36.4 Å². The van der Waals surface area contributed by atoms with E-state index in [2.05, 4.69) is 10.4 Å². The van der Waals surface area contributed by atoms with Crippen LogP contribution in [0.1, 0.15) is 11.3 Å². The molecule has 1 aromatic heterocycles. The van der Waals surface area contributed by atoms with Gasteiger partial charge in [-0.05, 0) is 49.4 Å². The number of carbonyl (C=O) groups excluding carboxylic acids is 1. The molecule has 0 saturated heterocycles. The fourth-order valence-electron chi connectivity index (χ4n) is 2.55. The first-order valence-electron chi connectivity index (χ1n) is 8.56. The minimum absolute atomic E-state index is 0.0910. The number of hydrogen-bond donors (Lipinski definition) is 1. The van der Waals surface area contributed by atoms with E-state index in [4.69, 9.17) is 0 Å². The lowest BCUT2D eigenvalue weighted by molar-refractivity contribution is -0.112. The molecule has 0 radical (unpaired) electrons. The zero-order valence-corrected chi connectivity index (χ0v) is 16.2. The Balaban J connectivity index is 1.77. The Hall–Kier alpha value is -3.44. The largest absolute Gasteiger partial charge is 0.321 e. The summed E-state index contributed by atoms with van der Waals surface area (Å²) in [6.45, 7) is 1.79. The number of rotatable bonds is 6. The number of aryl methyl sites for hydroxylation is 1. The maximum absolute atomic E-state index is 12.4. The maximum atomic E-state index is 12.4. The Morgan fingerprint density at radius 1 is 1.21 bits per heavy atom. The van der Waals surface area contributed by atoms with Crippen molar-refractivity contribution in [3.8, 4) is 11.8 Å². The molecule has 1 heterocycles. The summed E-state index contributed by atoms with van der Waals surface area (Å²) >= 11 is 0.422. The SMILES string of the molecule is Cc1nn(-c2ccccc2)cc1/C=C(\C#N)C(=O)Nc1ccc(SC(F)F)cc1. The molecule has 0 unspecified atom stereocenters. The number of nitrogens with zero attached hydrogens (tertiary/aromatic N) is 3. The number of anilines is 1. The molecule has 0 aliphatic carbocycles. The van der Waals surface area contributed by atoms with Crippen molar-refractivity contribution in [3.05, 3.63) is 77.6 Å². The maximum Gasteiger partial charge on any atom is 0.288 e. The lowest BCUT2D eigenvalue weighted by Crippen LogP contribution is -2.13. The molecule has 0 atom stereocenters. The second kappa shape index (κ2) is 9.17. The molecule has 5 nitrogen and oxygen atoms in total. The number of alkyl halides is 2. The molecule has 146 valence electrons. The van der Waals surface area contributed by atoms with Crippen LogP contribution in [0.5, 0.6) is 0 Å². The van der Waals surface area contributed by atoms with Crippen LogP contribution in [0.2, 0.25) is 0 Å². The van der Waals surface area contributed by atoms with Crippen LogP contribution in [0.15, 0.2) is 71.3 Å². The van der Waals surface area contributed by atoms with Crippen LogP contribution in [-0.2, 0) is 4.79 Å². The predicted octanol–water partition coefficient (Wildman–Crippen LogP) is 5.04. The predicted molar refractivity (Wildman–Crippen MR) is 109 cm³/mol. The van der Waals surface area contributed by atoms with Gasteiger partial charge < -0.3 is 5.32 Å². The third-order valence-electron chi connectivity index (χ3n) is 3.96. The van der Waals surface area contributed by atoms with Crippen molar-refractivity contribution in [1.29, 1.82) is 5.26 Å². The Bertz CT molecular complexity index is 1070. The summed E-state index contributed by atoms with van der Waals surface area (Å²) in [5.74, 6) is -3.10. The van der Waals surface area contributed by atoms with Gasteiger partial charge in [0.25, 0.3) is 11.7 Å². The van der Waals surface area contributed by atoms with Crippen molar-refractivity contribution in [1.82, 2.24) is 9.78 Å². The minimum Gasteiger partial charge on any atom is -0.321 e. The number of thioether (sulfide) groups is 1.